The van der Waals surface area contributed by atoms with Gasteiger partial charge in [0.1, 0.15) is 0 Å². The number of anilines is 1. The van der Waals surface area contributed by atoms with Gasteiger partial charge in [-0.25, -0.2) is 4.79 Å². The summed E-state index contributed by atoms with van der Waals surface area (Å²) >= 11 is 0. The van der Waals surface area contributed by atoms with Crippen LogP contribution in [-0.4, -0.2) is 48.8 Å². The maximum Gasteiger partial charge on any atom is 0.407 e. The van der Waals surface area contributed by atoms with Crippen LogP contribution in [0.1, 0.15) is 11.1 Å². The SMILES string of the molecule is O=C(O)N1CCc2cccc(N3CCNCC3)c2C1. The van der Waals surface area contributed by atoms with Gasteiger partial charge in [-0.2, -0.15) is 0 Å². The Balaban J connectivity index is 1.91. The van der Waals surface area contributed by atoms with Crippen LogP contribution in [0.5, 0.6) is 0 Å². The highest BCUT2D eigenvalue weighted by Gasteiger charge is 2.24. The van der Waals surface area contributed by atoms with Gasteiger partial charge in [-0.15, -0.1) is 0 Å². The van der Waals surface area contributed by atoms with Crippen LogP contribution < -0.4 is 10.2 Å². The van der Waals surface area contributed by atoms with Crippen LogP contribution in [0.3, 0.4) is 0 Å². The van der Waals surface area contributed by atoms with Crippen LogP contribution in [0, 0.1) is 0 Å². The maximum absolute atomic E-state index is 11.2. The number of hydrogen-bond acceptors (Lipinski definition) is 3. The highest BCUT2D eigenvalue weighted by Crippen LogP contribution is 2.29. The number of hydrogen-bond donors (Lipinski definition) is 2. The molecule has 1 aromatic rings. The molecule has 2 heterocycles. The Labute approximate surface area is 112 Å². The smallest absolute Gasteiger partial charge is 0.407 e. The van der Waals surface area contributed by atoms with Crippen LogP contribution in [0.15, 0.2) is 18.2 Å². The van der Waals surface area contributed by atoms with E-state index in [-0.39, 0.29) is 0 Å². The number of carbonyl (C=O) groups is 1. The molecule has 0 bridgehead atoms. The highest BCUT2D eigenvalue weighted by molar-refractivity contribution is 5.67. The van der Waals surface area contributed by atoms with Gasteiger partial charge in [-0.3, -0.25) is 0 Å². The molecule has 102 valence electrons. The summed E-state index contributed by atoms with van der Waals surface area (Å²) in [4.78, 5) is 15.0. The van der Waals surface area contributed by atoms with E-state index in [9.17, 15) is 4.79 Å². The maximum atomic E-state index is 11.2. The van der Waals surface area contributed by atoms with Crippen molar-refractivity contribution in [3.63, 3.8) is 0 Å². The lowest BCUT2D eigenvalue weighted by atomic mass is 9.97. The number of nitrogens with one attached hydrogen (secondary N) is 1. The first kappa shape index (κ1) is 12.3. The highest BCUT2D eigenvalue weighted by atomic mass is 16.4. The summed E-state index contributed by atoms with van der Waals surface area (Å²) in [6, 6.07) is 6.34. The van der Waals surface area contributed by atoms with Gasteiger partial charge in [0.2, 0.25) is 0 Å². The molecule has 5 heteroatoms. The zero-order valence-electron chi connectivity index (χ0n) is 10.9. The van der Waals surface area contributed by atoms with Crippen molar-refractivity contribution < 1.29 is 9.90 Å². The fourth-order valence-corrected chi connectivity index (χ4v) is 2.93. The fourth-order valence-electron chi connectivity index (χ4n) is 2.93. The van der Waals surface area contributed by atoms with E-state index in [4.69, 9.17) is 5.11 Å². The average Bonchev–Trinajstić information content (AvgIpc) is 2.47. The third-order valence-corrected chi connectivity index (χ3v) is 3.98. The topological polar surface area (TPSA) is 55.8 Å². The summed E-state index contributed by atoms with van der Waals surface area (Å²) in [6.45, 7) is 5.09. The minimum Gasteiger partial charge on any atom is -0.465 e. The third-order valence-electron chi connectivity index (χ3n) is 3.98. The van der Waals surface area contributed by atoms with E-state index in [0.29, 0.717) is 13.1 Å². The Morgan fingerprint density at radius 3 is 2.74 bits per heavy atom. The minimum atomic E-state index is -0.819. The summed E-state index contributed by atoms with van der Waals surface area (Å²) in [5, 5.41) is 12.5. The first-order valence-corrected chi connectivity index (χ1v) is 6.80. The second-order valence-electron chi connectivity index (χ2n) is 5.11. The normalized spacial score (nSPS) is 19.2. The molecule has 1 aromatic carbocycles. The zero-order chi connectivity index (χ0) is 13.2. The first-order valence-electron chi connectivity index (χ1n) is 6.80. The van der Waals surface area contributed by atoms with E-state index >= 15 is 0 Å². The quantitative estimate of drug-likeness (QED) is 0.796. The van der Waals surface area contributed by atoms with Gasteiger partial charge in [0.05, 0.1) is 6.54 Å². The van der Waals surface area contributed by atoms with Crippen LogP contribution in [-0.2, 0) is 13.0 Å². The van der Waals surface area contributed by atoms with E-state index in [1.165, 1.54) is 21.7 Å². The molecule has 3 rings (SSSR count). The second kappa shape index (κ2) is 5.09. The Bertz CT molecular complexity index is 484. The van der Waals surface area contributed by atoms with Gasteiger partial charge in [0, 0.05) is 38.4 Å². The fraction of sp³-hybridized carbons (Fsp3) is 0.500. The molecule has 5 nitrogen and oxygen atoms in total. The Morgan fingerprint density at radius 2 is 2.00 bits per heavy atom. The number of rotatable bonds is 1. The predicted octanol–water partition coefficient (Wildman–Crippen LogP) is 1.13. The summed E-state index contributed by atoms with van der Waals surface area (Å²) in [5.41, 5.74) is 3.71. The molecular weight excluding hydrogens is 242 g/mol. The van der Waals surface area contributed by atoms with Crippen molar-refractivity contribution in [2.75, 3.05) is 37.6 Å². The molecule has 0 atom stereocenters. The summed E-state index contributed by atoms with van der Waals surface area (Å²) in [5.74, 6) is 0. The van der Waals surface area contributed by atoms with Gasteiger partial charge in [-0.1, -0.05) is 12.1 Å². The number of nitrogens with zero attached hydrogens (tertiary/aromatic N) is 2. The van der Waals surface area contributed by atoms with Crippen LogP contribution >= 0.6 is 0 Å². The number of fused-ring (bicyclic) bond motifs is 1. The van der Waals surface area contributed by atoms with E-state index in [1.807, 2.05) is 0 Å². The molecular formula is C14H19N3O2. The Morgan fingerprint density at radius 1 is 1.21 bits per heavy atom. The number of benzene rings is 1. The molecule has 19 heavy (non-hydrogen) atoms. The van der Waals surface area contributed by atoms with Crippen molar-refractivity contribution in [3.05, 3.63) is 29.3 Å². The number of carboxylic acid groups (broad SMARTS) is 1. The summed E-state index contributed by atoms with van der Waals surface area (Å²) in [6.07, 6.45) is 0.00226. The van der Waals surface area contributed by atoms with Crippen molar-refractivity contribution in [2.45, 2.75) is 13.0 Å². The standard InChI is InChI=1S/C14H19N3O2/c18-14(19)17-7-4-11-2-1-3-13(12(11)10-17)16-8-5-15-6-9-16/h1-3,15H,4-10H2,(H,18,19). The van der Waals surface area contributed by atoms with Gasteiger partial charge < -0.3 is 20.2 Å². The second-order valence-corrected chi connectivity index (χ2v) is 5.11. The molecule has 2 aliphatic rings. The van der Waals surface area contributed by atoms with Crippen molar-refractivity contribution in [1.82, 2.24) is 10.2 Å². The van der Waals surface area contributed by atoms with Gasteiger partial charge in [-0.05, 0) is 23.6 Å². The first-order chi connectivity index (χ1) is 9.25. The van der Waals surface area contributed by atoms with Gasteiger partial charge in [0.25, 0.3) is 0 Å². The van der Waals surface area contributed by atoms with E-state index in [1.54, 1.807) is 0 Å². The number of piperazine rings is 1. The average molecular weight is 261 g/mol. The van der Waals surface area contributed by atoms with Gasteiger partial charge in [0.15, 0.2) is 0 Å². The monoisotopic (exact) mass is 261 g/mol. The van der Waals surface area contributed by atoms with Crippen LogP contribution in [0.25, 0.3) is 0 Å². The lowest BCUT2D eigenvalue weighted by Gasteiger charge is -2.35. The van der Waals surface area contributed by atoms with Crippen molar-refractivity contribution in [2.24, 2.45) is 0 Å². The van der Waals surface area contributed by atoms with Crippen molar-refractivity contribution >= 4 is 11.8 Å². The molecule has 0 spiro atoms. The van der Waals surface area contributed by atoms with E-state index in [2.05, 4.69) is 28.4 Å². The molecule has 0 aromatic heterocycles. The Hall–Kier alpha value is -1.75. The van der Waals surface area contributed by atoms with Crippen LogP contribution in [0.4, 0.5) is 10.5 Å². The summed E-state index contributed by atoms with van der Waals surface area (Å²) < 4.78 is 0. The minimum absolute atomic E-state index is 0.519. The molecule has 2 aliphatic heterocycles. The molecule has 1 fully saturated rings. The predicted molar refractivity (Wildman–Crippen MR) is 73.7 cm³/mol. The van der Waals surface area contributed by atoms with Crippen molar-refractivity contribution in [1.29, 1.82) is 0 Å². The molecule has 2 N–H and O–H groups in total. The summed E-state index contributed by atoms with van der Waals surface area (Å²) in [7, 11) is 0. The molecule has 0 radical (unpaired) electrons. The third kappa shape index (κ3) is 2.38. The van der Waals surface area contributed by atoms with Crippen molar-refractivity contribution in [3.8, 4) is 0 Å². The van der Waals surface area contributed by atoms with E-state index in [0.717, 1.165) is 32.6 Å². The molecule has 0 saturated carbocycles. The van der Waals surface area contributed by atoms with Crippen LogP contribution in [0.2, 0.25) is 0 Å². The zero-order valence-corrected chi connectivity index (χ0v) is 10.9. The van der Waals surface area contributed by atoms with Gasteiger partial charge >= 0.3 is 6.09 Å². The largest absolute Gasteiger partial charge is 0.465 e. The molecule has 0 unspecified atom stereocenters. The Kier molecular flexibility index (Phi) is 3.29. The molecule has 1 amide bonds. The molecule has 0 aliphatic carbocycles. The van der Waals surface area contributed by atoms with E-state index < -0.39 is 6.09 Å². The number of amides is 1. The molecule has 1 saturated heterocycles. The lowest BCUT2D eigenvalue weighted by molar-refractivity contribution is 0.140. The lowest BCUT2D eigenvalue weighted by Crippen LogP contribution is -2.44.